The van der Waals surface area contributed by atoms with Gasteiger partial charge in [0.25, 0.3) is 0 Å². The van der Waals surface area contributed by atoms with Crippen molar-refractivity contribution in [3.05, 3.63) is 85.1 Å². The summed E-state index contributed by atoms with van der Waals surface area (Å²) in [5.41, 5.74) is 0. The number of esters is 2. The molecule has 0 rings (SSSR count). The molecule has 0 bridgehead atoms. The van der Waals surface area contributed by atoms with Crippen LogP contribution >= 0.6 is 7.82 Å². The minimum atomic E-state index is -4.40. The number of quaternary nitrogens is 1. The number of allylic oxidation sites excluding steroid dienone is 14. The lowest BCUT2D eigenvalue weighted by Gasteiger charge is -2.24. The second kappa shape index (κ2) is 36.8. The number of carbonyl (C=O) groups excluding carboxylic acids is 2. The molecule has 0 aliphatic carbocycles. The van der Waals surface area contributed by atoms with E-state index in [1.165, 1.54) is 19.3 Å². The van der Waals surface area contributed by atoms with Gasteiger partial charge < -0.3 is 18.9 Å². The highest BCUT2D eigenvalue weighted by Crippen LogP contribution is 2.43. The molecule has 0 aromatic rings. The van der Waals surface area contributed by atoms with Gasteiger partial charge in [0.1, 0.15) is 19.8 Å². The number of phosphoric acid groups is 1. The van der Waals surface area contributed by atoms with Crippen molar-refractivity contribution >= 4 is 19.8 Å². The molecular weight excluding hydrogens is 713 g/mol. The van der Waals surface area contributed by atoms with Gasteiger partial charge in [0, 0.05) is 12.8 Å². The molecule has 0 aliphatic heterocycles. The third-order valence-electron chi connectivity index (χ3n) is 8.17. The summed E-state index contributed by atoms with van der Waals surface area (Å²) in [6, 6.07) is 0. The van der Waals surface area contributed by atoms with Gasteiger partial charge in [-0.15, -0.1) is 0 Å². The number of hydrogen-bond donors (Lipinski definition) is 1. The number of phosphoric ester groups is 1. The Morgan fingerprint density at radius 1 is 0.582 bits per heavy atom. The number of likely N-dealkylation sites (N-methyl/N-ethyl adjacent to an activating group) is 1. The lowest BCUT2D eigenvalue weighted by Crippen LogP contribution is -2.37. The topological polar surface area (TPSA) is 108 Å². The van der Waals surface area contributed by atoms with Gasteiger partial charge in [0.2, 0.25) is 0 Å². The monoisotopic (exact) mass is 791 g/mol. The Morgan fingerprint density at radius 2 is 1.07 bits per heavy atom. The van der Waals surface area contributed by atoms with Crippen molar-refractivity contribution in [3.8, 4) is 0 Å². The van der Waals surface area contributed by atoms with Gasteiger partial charge in [-0.05, 0) is 77.0 Å². The molecule has 0 heterocycles. The summed E-state index contributed by atoms with van der Waals surface area (Å²) in [4.78, 5) is 35.2. The SMILES string of the molecule is CC/C=C/C/C=C/C/C=C/C/C=C/C/C=C/C/C=C/CCC(=O)O[C@H](COC(=O)CCCCCCC/C=C/CCCCC)COP(=O)(O)OCC[N+](C)(C)C. The van der Waals surface area contributed by atoms with Crippen LogP contribution in [0.4, 0.5) is 0 Å². The molecule has 1 unspecified atom stereocenters. The molecular formula is C45H77NO8P+. The lowest BCUT2D eigenvalue weighted by molar-refractivity contribution is -0.870. The Bertz CT molecular complexity index is 1210. The van der Waals surface area contributed by atoms with Crippen LogP contribution in [0.3, 0.4) is 0 Å². The summed E-state index contributed by atoms with van der Waals surface area (Å²) >= 11 is 0. The van der Waals surface area contributed by atoms with Gasteiger partial charge in [-0.25, -0.2) is 4.57 Å². The Hall–Kier alpha value is -2.81. The molecule has 2 atom stereocenters. The van der Waals surface area contributed by atoms with Crippen molar-refractivity contribution in [1.29, 1.82) is 0 Å². The van der Waals surface area contributed by atoms with E-state index < -0.39 is 32.5 Å². The van der Waals surface area contributed by atoms with Crippen LogP contribution in [0.2, 0.25) is 0 Å². The van der Waals surface area contributed by atoms with Crippen molar-refractivity contribution in [1.82, 2.24) is 0 Å². The van der Waals surface area contributed by atoms with Crippen molar-refractivity contribution in [3.63, 3.8) is 0 Å². The summed E-state index contributed by atoms with van der Waals surface area (Å²) < 4.78 is 34.1. The highest BCUT2D eigenvalue weighted by atomic mass is 31.2. The second-order valence-corrected chi connectivity index (χ2v) is 16.1. The summed E-state index contributed by atoms with van der Waals surface area (Å²) in [7, 11) is 1.41. The fourth-order valence-corrected chi connectivity index (χ4v) is 5.66. The molecule has 55 heavy (non-hydrogen) atoms. The first-order valence-corrected chi connectivity index (χ1v) is 22.3. The van der Waals surface area contributed by atoms with Crippen LogP contribution in [0.5, 0.6) is 0 Å². The standard InChI is InChI=1S/C45H76NO8P/c1-6-8-10-12-14-16-18-20-21-22-23-24-25-26-28-30-32-34-36-38-45(48)54-43(42-53-55(49,50)52-40-39-46(3,4)5)41-51-44(47)37-35-33-31-29-27-19-17-15-13-11-9-7-2/h8,10,14-17,20-21,23-24,26,28,32,34,43H,6-7,9,11-13,18-19,22,25,27,29-31,33,35-42H2,1-5H3/p+1/b10-8+,16-14+,17-15+,21-20+,24-23+,28-26+,34-32+/t43-/m1/s1. The first-order valence-electron chi connectivity index (χ1n) is 20.8. The molecule has 0 aliphatic rings. The van der Waals surface area contributed by atoms with Gasteiger partial charge >= 0.3 is 19.8 Å². The molecule has 314 valence electrons. The minimum Gasteiger partial charge on any atom is -0.462 e. The molecule has 10 heteroatoms. The molecule has 0 spiro atoms. The maximum absolute atomic E-state index is 12.6. The Labute approximate surface area is 335 Å². The molecule has 0 aromatic heterocycles. The number of carbonyl (C=O) groups is 2. The van der Waals surface area contributed by atoms with Crippen LogP contribution in [0.1, 0.15) is 136 Å². The maximum Gasteiger partial charge on any atom is 0.472 e. The maximum atomic E-state index is 12.6. The molecule has 0 fully saturated rings. The molecule has 0 amide bonds. The average molecular weight is 791 g/mol. The van der Waals surface area contributed by atoms with Crippen molar-refractivity contribution in [2.75, 3.05) is 47.5 Å². The van der Waals surface area contributed by atoms with E-state index in [4.69, 9.17) is 18.5 Å². The zero-order valence-electron chi connectivity index (χ0n) is 35.1. The molecule has 0 saturated carbocycles. The number of nitrogens with zero attached hydrogens (tertiary/aromatic N) is 1. The zero-order valence-corrected chi connectivity index (χ0v) is 36.0. The molecule has 0 radical (unpaired) electrons. The molecule has 1 N–H and O–H groups in total. The molecule has 9 nitrogen and oxygen atoms in total. The van der Waals surface area contributed by atoms with E-state index in [0.717, 1.165) is 77.0 Å². The number of unbranched alkanes of at least 4 members (excludes halogenated alkanes) is 8. The smallest absolute Gasteiger partial charge is 0.462 e. The zero-order chi connectivity index (χ0) is 40.7. The van der Waals surface area contributed by atoms with E-state index in [-0.39, 0.29) is 26.1 Å². The van der Waals surface area contributed by atoms with E-state index in [2.05, 4.69) is 86.8 Å². The van der Waals surface area contributed by atoms with Crippen molar-refractivity contribution in [2.45, 2.75) is 142 Å². The van der Waals surface area contributed by atoms with Gasteiger partial charge in [-0.2, -0.15) is 0 Å². The highest BCUT2D eigenvalue weighted by molar-refractivity contribution is 7.47. The predicted molar refractivity (Wildman–Crippen MR) is 229 cm³/mol. The number of ether oxygens (including phenoxy) is 2. The molecule has 0 aromatic carbocycles. The minimum absolute atomic E-state index is 0.0123. The summed E-state index contributed by atoms with van der Waals surface area (Å²) in [6.45, 7) is 4.15. The van der Waals surface area contributed by atoms with E-state index in [0.29, 0.717) is 23.9 Å². The van der Waals surface area contributed by atoms with Crippen molar-refractivity contribution < 1.29 is 42.1 Å². The van der Waals surface area contributed by atoms with Crippen LogP contribution in [0.15, 0.2) is 85.1 Å². The average Bonchev–Trinajstić information content (AvgIpc) is 3.13. The highest BCUT2D eigenvalue weighted by Gasteiger charge is 2.27. The quantitative estimate of drug-likeness (QED) is 0.0220. The van der Waals surface area contributed by atoms with Gasteiger partial charge in [0.15, 0.2) is 6.10 Å². The van der Waals surface area contributed by atoms with Gasteiger partial charge in [-0.3, -0.25) is 18.6 Å². The van der Waals surface area contributed by atoms with Crippen LogP contribution in [-0.4, -0.2) is 74.9 Å². The normalized spacial score (nSPS) is 14.5. The van der Waals surface area contributed by atoms with Crippen LogP contribution < -0.4 is 0 Å². The molecule has 0 saturated heterocycles. The van der Waals surface area contributed by atoms with E-state index >= 15 is 0 Å². The third-order valence-corrected chi connectivity index (χ3v) is 9.16. The predicted octanol–water partition coefficient (Wildman–Crippen LogP) is 11.6. The van der Waals surface area contributed by atoms with E-state index in [9.17, 15) is 19.0 Å². The van der Waals surface area contributed by atoms with Crippen LogP contribution in [0, 0.1) is 0 Å². The van der Waals surface area contributed by atoms with E-state index in [1.54, 1.807) is 0 Å². The number of rotatable bonds is 36. The Balaban J connectivity index is 4.56. The first-order chi connectivity index (χ1) is 26.5. The van der Waals surface area contributed by atoms with Crippen molar-refractivity contribution in [2.24, 2.45) is 0 Å². The van der Waals surface area contributed by atoms with Crippen LogP contribution in [0.25, 0.3) is 0 Å². The largest absolute Gasteiger partial charge is 0.472 e. The fourth-order valence-electron chi connectivity index (χ4n) is 4.91. The van der Waals surface area contributed by atoms with E-state index in [1.807, 2.05) is 33.3 Å². The summed E-state index contributed by atoms with van der Waals surface area (Å²) in [6.07, 6.45) is 46.5. The number of hydrogen-bond acceptors (Lipinski definition) is 7. The van der Waals surface area contributed by atoms with Gasteiger partial charge in [-0.1, -0.05) is 131 Å². The Morgan fingerprint density at radius 3 is 1.62 bits per heavy atom. The Kier molecular flexibility index (Phi) is 34.9. The fraction of sp³-hybridized carbons (Fsp3) is 0.644. The second-order valence-electron chi connectivity index (χ2n) is 14.6. The third kappa shape index (κ3) is 40.7. The first kappa shape index (κ1) is 52.2. The summed E-state index contributed by atoms with van der Waals surface area (Å²) in [5, 5.41) is 0. The summed E-state index contributed by atoms with van der Waals surface area (Å²) in [5.74, 6) is -0.917. The van der Waals surface area contributed by atoms with Crippen LogP contribution in [-0.2, 0) is 32.7 Å². The lowest BCUT2D eigenvalue weighted by atomic mass is 10.1. The van der Waals surface area contributed by atoms with Gasteiger partial charge in [0.05, 0.1) is 27.7 Å².